The summed E-state index contributed by atoms with van der Waals surface area (Å²) in [6.07, 6.45) is 0.0961. The molecule has 1 aromatic rings. The zero-order chi connectivity index (χ0) is 14.0. The van der Waals surface area contributed by atoms with Crippen molar-refractivity contribution in [1.82, 2.24) is 9.97 Å². The molecule has 1 saturated heterocycles. The number of rotatable bonds is 3. The fourth-order valence-corrected chi connectivity index (χ4v) is 1.93. The number of hydrogen-bond acceptors (Lipinski definition) is 7. The van der Waals surface area contributed by atoms with Crippen molar-refractivity contribution in [3.63, 3.8) is 0 Å². The Bertz CT molecular complexity index is 519. The molecule has 2 heterocycles. The number of nitrogens with zero attached hydrogens (tertiary/aromatic N) is 3. The van der Waals surface area contributed by atoms with Crippen molar-refractivity contribution < 1.29 is 19.1 Å². The van der Waals surface area contributed by atoms with Gasteiger partial charge in [0.2, 0.25) is 17.7 Å². The molecule has 19 heavy (non-hydrogen) atoms. The predicted octanol–water partition coefficient (Wildman–Crippen LogP) is -0.407. The average molecular weight is 266 g/mol. The Morgan fingerprint density at radius 1 is 1.47 bits per heavy atom. The molecule has 8 nitrogen and oxygen atoms in total. The second-order valence-corrected chi connectivity index (χ2v) is 4.06. The standard InChI is InChI=1S/C11H14N4O4/c1-18-8-4-7(13-11(12)14-8)15-5-6(3-9(15)16)10(17)19-2/h4,6H,3,5H2,1-2H3,(H2,12,13,14). The first kappa shape index (κ1) is 13.1. The molecule has 1 aliphatic rings. The molecule has 0 aliphatic carbocycles. The first-order valence-corrected chi connectivity index (χ1v) is 5.62. The van der Waals surface area contributed by atoms with Gasteiger partial charge in [0.25, 0.3) is 0 Å². The third-order valence-electron chi connectivity index (χ3n) is 2.85. The Kier molecular flexibility index (Phi) is 3.50. The second-order valence-electron chi connectivity index (χ2n) is 4.06. The van der Waals surface area contributed by atoms with E-state index in [1.165, 1.54) is 25.2 Å². The van der Waals surface area contributed by atoms with Crippen molar-refractivity contribution in [1.29, 1.82) is 0 Å². The number of ether oxygens (including phenoxy) is 2. The number of aromatic nitrogens is 2. The molecule has 0 bridgehead atoms. The van der Waals surface area contributed by atoms with Crippen LogP contribution < -0.4 is 15.4 Å². The molecular weight excluding hydrogens is 252 g/mol. The fraction of sp³-hybridized carbons (Fsp3) is 0.455. The summed E-state index contributed by atoms with van der Waals surface area (Å²) < 4.78 is 9.60. The lowest BCUT2D eigenvalue weighted by Gasteiger charge is -2.15. The van der Waals surface area contributed by atoms with Crippen LogP contribution in [0.25, 0.3) is 0 Å². The summed E-state index contributed by atoms with van der Waals surface area (Å²) in [7, 11) is 2.73. The van der Waals surface area contributed by atoms with Gasteiger partial charge in [0.1, 0.15) is 5.82 Å². The van der Waals surface area contributed by atoms with Crippen molar-refractivity contribution in [2.75, 3.05) is 31.4 Å². The highest BCUT2D eigenvalue weighted by Crippen LogP contribution is 2.26. The topological polar surface area (TPSA) is 108 Å². The summed E-state index contributed by atoms with van der Waals surface area (Å²) in [6, 6.07) is 1.49. The van der Waals surface area contributed by atoms with Gasteiger partial charge in [-0.25, -0.2) is 0 Å². The third-order valence-corrected chi connectivity index (χ3v) is 2.85. The van der Waals surface area contributed by atoms with Gasteiger partial charge in [-0.05, 0) is 0 Å². The molecule has 1 fully saturated rings. The number of methoxy groups -OCH3 is 2. The van der Waals surface area contributed by atoms with Crippen molar-refractivity contribution in [3.05, 3.63) is 6.07 Å². The van der Waals surface area contributed by atoms with Crippen LogP contribution in [0.4, 0.5) is 11.8 Å². The molecule has 0 radical (unpaired) electrons. The predicted molar refractivity (Wildman–Crippen MR) is 65.5 cm³/mol. The highest BCUT2D eigenvalue weighted by Gasteiger charge is 2.36. The Labute approximate surface area is 109 Å². The summed E-state index contributed by atoms with van der Waals surface area (Å²) in [5.74, 6) is -0.527. The molecular formula is C11H14N4O4. The lowest BCUT2D eigenvalue weighted by molar-refractivity contribution is -0.145. The van der Waals surface area contributed by atoms with Crippen LogP contribution in [0.15, 0.2) is 6.07 Å². The van der Waals surface area contributed by atoms with E-state index >= 15 is 0 Å². The monoisotopic (exact) mass is 266 g/mol. The van der Waals surface area contributed by atoms with Gasteiger partial charge in [-0.3, -0.25) is 14.5 Å². The summed E-state index contributed by atoms with van der Waals surface area (Å²) in [5, 5.41) is 0. The van der Waals surface area contributed by atoms with Crippen molar-refractivity contribution in [2.45, 2.75) is 6.42 Å². The van der Waals surface area contributed by atoms with Crippen LogP contribution in [-0.2, 0) is 14.3 Å². The smallest absolute Gasteiger partial charge is 0.311 e. The Morgan fingerprint density at radius 2 is 2.21 bits per heavy atom. The Hall–Kier alpha value is -2.38. The molecule has 1 aliphatic heterocycles. The van der Waals surface area contributed by atoms with Crippen LogP contribution in [0.1, 0.15) is 6.42 Å². The summed E-state index contributed by atoms with van der Waals surface area (Å²) in [4.78, 5) is 32.5. The maximum Gasteiger partial charge on any atom is 0.311 e. The molecule has 1 atom stereocenters. The quantitative estimate of drug-likeness (QED) is 0.741. The molecule has 8 heteroatoms. The minimum absolute atomic E-state index is 0.00340. The molecule has 2 rings (SSSR count). The van der Waals surface area contributed by atoms with Crippen LogP contribution in [0.3, 0.4) is 0 Å². The largest absolute Gasteiger partial charge is 0.481 e. The fourth-order valence-electron chi connectivity index (χ4n) is 1.93. The highest BCUT2D eigenvalue weighted by molar-refractivity contribution is 5.98. The number of nitrogens with two attached hydrogens (primary N) is 1. The van der Waals surface area contributed by atoms with Gasteiger partial charge in [-0.1, -0.05) is 0 Å². The highest BCUT2D eigenvalue weighted by atomic mass is 16.5. The lowest BCUT2D eigenvalue weighted by atomic mass is 10.1. The number of nitrogen functional groups attached to an aromatic ring is 1. The average Bonchev–Trinajstić information content (AvgIpc) is 2.79. The van der Waals surface area contributed by atoms with Crippen LogP contribution in [0.5, 0.6) is 5.88 Å². The first-order chi connectivity index (χ1) is 9.05. The number of esters is 1. The zero-order valence-corrected chi connectivity index (χ0v) is 10.6. The molecule has 1 amide bonds. The van der Waals surface area contributed by atoms with E-state index in [1.807, 2.05) is 0 Å². The van der Waals surface area contributed by atoms with Gasteiger partial charge in [0.15, 0.2) is 0 Å². The van der Waals surface area contributed by atoms with E-state index in [-0.39, 0.29) is 30.7 Å². The number of anilines is 2. The number of carbonyl (C=O) groups is 2. The van der Waals surface area contributed by atoms with E-state index in [4.69, 9.17) is 10.5 Å². The van der Waals surface area contributed by atoms with Crippen LogP contribution in [0, 0.1) is 5.92 Å². The van der Waals surface area contributed by atoms with Crippen LogP contribution in [-0.4, -0.2) is 42.6 Å². The Balaban J connectivity index is 2.25. The molecule has 102 valence electrons. The van der Waals surface area contributed by atoms with Gasteiger partial charge in [-0.15, -0.1) is 0 Å². The molecule has 2 N–H and O–H groups in total. The molecule has 0 saturated carbocycles. The van der Waals surface area contributed by atoms with Crippen molar-refractivity contribution in [3.8, 4) is 5.88 Å². The van der Waals surface area contributed by atoms with E-state index < -0.39 is 11.9 Å². The maximum absolute atomic E-state index is 11.9. The lowest BCUT2D eigenvalue weighted by Crippen LogP contribution is -2.27. The van der Waals surface area contributed by atoms with E-state index in [9.17, 15) is 9.59 Å². The van der Waals surface area contributed by atoms with E-state index in [0.717, 1.165) is 0 Å². The van der Waals surface area contributed by atoms with Crippen LogP contribution >= 0.6 is 0 Å². The second kappa shape index (κ2) is 5.09. The third kappa shape index (κ3) is 2.56. The van der Waals surface area contributed by atoms with Crippen LogP contribution in [0.2, 0.25) is 0 Å². The van der Waals surface area contributed by atoms with Crippen molar-refractivity contribution >= 4 is 23.6 Å². The summed E-state index contributed by atoms with van der Waals surface area (Å²) in [5.41, 5.74) is 5.54. The number of carbonyl (C=O) groups excluding carboxylic acids is 2. The SMILES string of the molecule is COC(=O)C1CC(=O)N(c2cc(OC)nc(N)n2)C1. The van der Waals surface area contributed by atoms with Gasteiger partial charge in [0, 0.05) is 19.0 Å². The molecule has 0 aromatic carbocycles. The van der Waals surface area contributed by atoms with E-state index in [0.29, 0.717) is 5.82 Å². The van der Waals surface area contributed by atoms with Gasteiger partial charge < -0.3 is 15.2 Å². The van der Waals surface area contributed by atoms with Gasteiger partial charge in [0.05, 0.1) is 20.1 Å². The van der Waals surface area contributed by atoms with Crippen molar-refractivity contribution in [2.24, 2.45) is 5.92 Å². The number of hydrogen-bond donors (Lipinski definition) is 1. The molecule has 1 aromatic heterocycles. The number of amides is 1. The van der Waals surface area contributed by atoms with Gasteiger partial charge in [-0.2, -0.15) is 9.97 Å². The Morgan fingerprint density at radius 3 is 2.84 bits per heavy atom. The molecule has 1 unspecified atom stereocenters. The minimum atomic E-state index is -0.486. The van der Waals surface area contributed by atoms with Gasteiger partial charge >= 0.3 is 5.97 Å². The summed E-state index contributed by atoms with van der Waals surface area (Å²) >= 11 is 0. The van der Waals surface area contributed by atoms with E-state index in [1.54, 1.807) is 0 Å². The summed E-state index contributed by atoms with van der Waals surface area (Å²) in [6.45, 7) is 0.213. The first-order valence-electron chi connectivity index (χ1n) is 5.62. The normalized spacial score (nSPS) is 18.5. The zero-order valence-electron chi connectivity index (χ0n) is 10.6. The maximum atomic E-state index is 11.9. The van der Waals surface area contributed by atoms with E-state index in [2.05, 4.69) is 14.7 Å². The molecule has 0 spiro atoms. The minimum Gasteiger partial charge on any atom is -0.481 e.